The van der Waals surface area contributed by atoms with Crippen molar-refractivity contribution in [2.75, 3.05) is 19.8 Å². The molecule has 0 bridgehead atoms. The molecule has 114 valence electrons. The lowest BCUT2D eigenvalue weighted by Gasteiger charge is -2.23. The SMILES string of the molecule is CC1(C)CN(C(=O)c2n[nH]c(C3CC3)c2Cl)[C@@H]2COC[C@@H]21. The molecule has 0 unspecified atom stereocenters. The van der Waals surface area contributed by atoms with Gasteiger partial charge in [-0.25, -0.2) is 0 Å². The van der Waals surface area contributed by atoms with Gasteiger partial charge in [0.05, 0.1) is 30.0 Å². The molecular weight excluding hydrogens is 290 g/mol. The summed E-state index contributed by atoms with van der Waals surface area (Å²) in [6, 6.07) is 0.157. The van der Waals surface area contributed by atoms with Crippen LogP contribution in [0.4, 0.5) is 0 Å². The van der Waals surface area contributed by atoms with Gasteiger partial charge in [-0.2, -0.15) is 5.10 Å². The lowest BCUT2D eigenvalue weighted by molar-refractivity contribution is 0.0659. The van der Waals surface area contributed by atoms with Crippen molar-refractivity contribution >= 4 is 17.5 Å². The van der Waals surface area contributed by atoms with Crippen molar-refractivity contribution in [3.8, 4) is 0 Å². The molecule has 1 aliphatic carbocycles. The summed E-state index contributed by atoms with van der Waals surface area (Å²) in [5.41, 5.74) is 1.39. The van der Waals surface area contributed by atoms with E-state index in [1.54, 1.807) is 0 Å². The number of hydrogen-bond acceptors (Lipinski definition) is 3. The highest BCUT2D eigenvalue weighted by Gasteiger charge is 2.52. The first-order valence-corrected chi connectivity index (χ1v) is 7.99. The maximum absolute atomic E-state index is 12.9. The lowest BCUT2D eigenvalue weighted by atomic mass is 9.80. The fourth-order valence-electron chi connectivity index (χ4n) is 3.75. The molecule has 5 nitrogen and oxygen atoms in total. The Morgan fingerprint density at radius 1 is 1.43 bits per heavy atom. The Morgan fingerprint density at radius 3 is 2.90 bits per heavy atom. The molecule has 1 amide bonds. The van der Waals surface area contributed by atoms with Crippen LogP contribution in [0.2, 0.25) is 5.02 Å². The average molecular weight is 310 g/mol. The summed E-state index contributed by atoms with van der Waals surface area (Å²) >= 11 is 6.37. The second-order valence-electron chi connectivity index (χ2n) is 7.21. The first kappa shape index (κ1) is 13.6. The predicted molar refractivity (Wildman–Crippen MR) is 78.5 cm³/mol. The zero-order valence-electron chi connectivity index (χ0n) is 12.4. The minimum atomic E-state index is -0.0609. The van der Waals surface area contributed by atoms with Crippen molar-refractivity contribution in [2.45, 2.75) is 38.6 Å². The number of nitrogens with one attached hydrogen (secondary N) is 1. The number of nitrogens with zero attached hydrogens (tertiary/aromatic N) is 2. The third-order valence-corrected chi connectivity index (χ3v) is 5.60. The van der Waals surface area contributed by atoms with Gasteiger partial charge in [0.2, 0.25) is 0 Å². The normalized spacial score (nSPS) is 30.7. The summed E-state index contributed by atoms with van der Waals surface area (Å²) in [7, 11) is 0. The van der Waals surface area contributed by atoms with Gasteiger partial charge in [0, 0.05) is 18.4 Å². The average Bonchev–Trinajstić information content (AvgIpc) is 2.92. The first-order chi connectivity index (χ1) is 9.99. The van der Waals surface area contributed by atoms with Gasteiger partial charge >= 0.3 is 0 Å². The number of aromatic amines is 1. The Balaban J connectivity index is 1.63. The van der Waals surface area contributed by atoms with Crippen LogP contribution in [0, 0.1) is 11.3 Å². The van der Waals surface area contributed by atoms with Gasteiger partial charge in [-0.05, 0) is 18.3 Å². The standard InChI is InChI=1S/C15H20ClN3O2/c1-15(2)7-19(10-6-21-5-9(10)15)14(20)13-11(16)12(17-18-13)8-3-4-8/h8-10H,3-7H2,1-2H3,(H,17,18)/t9-,10+/m0/s1. The summed E-state index contributed by atoms with van der Waals surface area (Å²) in [6.07, 6.45) is 2.26. The van der Waals surface area contributed by atoms with Crippen LogP contribution in [0.25, 0.3) is 0 Å². The van der Waals surface area contributed by atoms with E-state index in [4.69, 9.17) is 16.3 Å². The van der Waals surface area contributed by atoms with E-state index in [0.29, 0.717) is 29.2 Å². The number of likely N-dealkylation sites (tertiary alicyclic amines) is 1. The lowest BCUT2D eigenvalue weighted by Crippen LogP contribution is -2.38. The van der Waals surface area contributed by atoms with Crippen molar-refractivity contribution in [3.05, 3.63) is 16.4 Å². The van der Waals surface area contributed by atoms with Crippen LogP contribution in [-0.4, -0.2) is 46.8 Å². The minimum absolute atomic E-state index is 0.0609. The van der Waals surface area contributed by atoms with Gasteiger partial charge in [0.1, 0.15) is 0 Å². The number of rotatable bonds is 2. The number of H-pyrrole nitrogens is 1. The molecule has 2 saturated heterocycles. The Hall–Kier alpha value is -1.07. The number of carbonyl (C=O) groups is 1. The summed E-state index contributed by atoms with van der Waals surface area (Å²) in [4.78, 5) is 14.8. The summed E-state index contributed by atoms with van der Waals surface area (Å²) in [5, 5.41) is 7.67. The van der Waals surface area contributed by atoms with Crippen molar-refractivity contribution in [3.63, 3.8) is 0 Å². The quantitative estimate of drug-likeness (QED) is 0.913. The number of amides is 1. The van der Waals surface area contributed by atoms with Crippen LogP contribution < -0.4 is 0 Å². The molecule has 1 saturated carbocycles. The molecule has 3 fully saturated rings. The highest BCUT2D eigenvalue weighted by Crippen LogP contribution is 2.45. The first-order valence-electron chi connectivity index (χ1n) is 7.61. The van der Waals surface area contributed by atoms with Crippen molar-refractivity contribution in [2.24, 2.45) is 11.3 Å². The van der Waals surface area contributed by atoms with Crippen molar-refractivity contribution in [1.82, 2.24) is 15.1 Å². The second-order valence-corrected chi connectivity index (χ2v) is 7.59. The van der Waals surface area contributed by atoms with Gasteiger partial charge in [-0.3, -0.25) is 9.89 Å². The van der Waals surface area contributed by atoms with E-state index in [0.717, 1.165) is 31.7 Å². The number of aromatic nitrogens is 2. The molecule has 3 aliphatic rings. The summed E-state index contributed by atoms with van der Waals surface area (Å²) < 4.78 is 5.59. The number of ether oxygens (including phenoxy) is 1. The van der Waals surface area contributed by atoms with Crippen LogP contribution in [-0.2, 0) is 4.74 Å². The van der Waals surface area contributed by atoms with Crippen molar-refractivity contribution < 1.29 is 9.53 Å². The molecule has 1 aromatic rings. The topological polar surface area (TPSA) is 58.2 Å². The van der Waals surface area contributed by atoms with Gasteiger partial charge in [0.15, 0.2) is 5.69 Å². The third kappa shape index (κ3) is 2.01. The maximum atomic E-state index is 12.9. The van der Waals surface area contributed by atoms with Crippen LogP contribution in [0.15, 0.2) is 0 Å². The molecule has 2 aliphatic heterocycles. The largest absolute Gasteiger partial charge is 0.379 e. The van der Waals surface area contributed by atoms with Gasteiger partial charge < -0.3 is 9.64 Å². The maximum Gasteiger partial charge on any atom is 0.276 e. The molecule has 6 heteroatoms. The third-order valence-electron chi connectivity index (χ3n) is 5.21. The molecule has 3 heterocycles. The molecule has 4 rings (SSSR count). The monoisotopic (exact) mass is 309 g/mol. The van der Waals surface area contributed by atoms with Crippen molar-refractivity contribution in [1.29, 1.82) is 0 Å². The molecule has 1 N–H and O–H groups in total. The highest BCUT2D eigenvalue weighted by molar-refractivity contribution is 6.34. The van der Waals surface area contributed by atoms with Gasteiger partial charge in [-0.15, -0.1) is 0 Å². The Bertz CT molecular complexity index is 594. The molecule has 1 aromatic heterocycles. The molecule has 0 radical (unpaired) electrons. The molecule has 0 aromatic carbocycles. The predicted octanol–water partition coefficient (Wildman–Crippen LogP) is 2.44. The fourth-order valence-corrected chi connectivity index (χ4v) is 4.07. The Morgan fingerprint density at radius 2 is 2.19 bits per heavy atom. The van der Waals surface area contributed by atoms with Gasteiger partial charge in [0.25, 0.3) is 5.91 Å². The summed E-state index contributed by atoms with van der Waals surface area (Å²) in [5.74, 6) is 0.806. The zero-order valence-corrected chi connectivity index (χ0v) is 13.1. The van der Waals surface area contributed by atoms with E-state index < -0.39 is 0 Å². The molecule has 2 atom stereocenters. The van der Waals surface area contributed by atoms with E-state index in [-0.39, 0.29) is 17.4 Å². The zero-order chi connectivity index (χ0) is 14.8. The number of halogens is 1. The molecule has 0 spiro atoms. The molecule has 21 heavy (non-hydrogen) atoms. The smallest absolute Gasteiger partial charge is 0.276 e. The summed E-state index contributed by atoms with van der Waals surface area (Å²) in [6.45, 7) is 6.51. The van der Waals surface area contributed by atoms with E-state index in [9.17, 15) is 4.79 Å². The fraction of sp³-hybridized carbons (Fsp3) is 0.733. The number of carbonyl (C=O) groups excluding carboxylic acids is 1. The number of hydrogen-bond donors (Lipinski definition) is 1. The van der Waals surface area contributed by atoms with Crippen LogP contribution in [0.1, 0.15) is 48.8 Å². The van der Waals surface area contributed by atoms with E-state index >= 15 is 0 Å². The highest BCUT2D eigenvalue weighted by atomic mass is 35.5. The molecular formula is C15H20ClN3O2. The number of fused-ring (bicyclic) bond motifs is 1. The second kappa shape index (κ2) is 4.46. The minimum Gasteiger partial charge on any atom is -0.379 e. The van der Waals surface area contributed by atoms with Crippen LogP contribution in [0.3, 0.4) is 0 Å². The Labute approximate surface area is 129 Å². The van der Waals surface area contributed by atoms with Crippen LogP contribution >= 0.6 is 11.6 Å². The Kier molecular flexibility index (Phi) is 2.89. The van der Waals surface area contributed by atoms with Crippen LogP contribution in [0.5, 0.6) is 0 Å². The van der Waals surface area contributed by atoms with E-state index in [1.165, 1.54) is 0 Å². The van der Waals surface area contributed by atoms with E-state index in [1.807, 2.05) is 4.90 Å². The van der Waals surface area contributed by atoms with Gasteiger partial charge in [-0.1, -0.05) is 25.4 Å². The van der Waals surface area contributed by atoms with E-state index in [2.05, 4.69) is 24.0 Å².